The topological polar surface area (TPSA) is 71.8 Å². The summed E-state index contributed by atoms with van der Waals surface area (Å²) in [6.07, 6.45) is -3.84. The maximum atomic E-state index is 13.3. The highest BCUT2D eigenvalue weighted by Crippen LogP contribution is 2.30. The van der Waals surface area contributed by atoms with Crippen LogP contribution in [0.5, 0.6) is 0 Å². The Morgan fingerprint density at radius 2 is 1.90 bits per heavy atom. The third-order valence-electron chi connectivity index (χ3n) is 4.25. The van der Waals surface area contributed by atoms with E-state index in [0.717, 1.165) is 28.4 Å². The molecule has 3 aromatic rings. The van der Waals surface area contributed by atoms with Crippen LogP contribution in [0.3, 0.4) is 0 Å². The van der Waals surface area contributed by atoms with Gasteiger partial charge in [-0.1, -0.05) is 30.1 Å². The van der Waals surface area contributed by atoms with Crippen LogP contribution < -0.4 is 15.7 Å². The Hall–Kier alpha value is -2.59. The van der Waals surface area contributed by atoms with Crippen molar-refractivity contribution in [1.82, 2.24) is 19.3 Å². The highest BCUT2D eigenvalue weighted by molar-refractivity contribution is 7.97. The molecular weight excluding hydrogens is 403 g/mol. The van der Waals surface area contributed by atoms with Gasteiger partial charge in [0.15, 0.2) is 5.65 Å². The predicted octanol–water partition coefficient (Wildman–Crippen LogP) is 3.78. The quantitative estimate of drug-likeness (QED) is 0.445. The first kappa shape index (κ1) is 21.1. The van der Waals surface area contributed by atoms with E-state index in [1.54, 1.807) is 43.1 Å². The van der Waals surface area contributed by atoms with E-state index in [4.69, 9.17) is 0 Å². The number of hydrogen-bond donors (Lipinski definition) is 2. The number of fused-ring (bicyclic) bond motifs is 1. The average Bonchev–Trinajstić information content (AvgIpc) is 2.67. The van der Waals surface area contributed by atoms with Crippen LogP contribution in [0.1, 0.15) is 17.7 Å². The highest BCUT2D eigenvalue weighted by Gasteiger charge is 2.33. The maximum Gasteiger partial charge on any atom is 0.433 e. The second-order valence-corrected chi connectivity index (χ2v) is 7.37. The Bertz CT molecular complexity index is 1070. The number of aryl methyl sites for hydroxylation is 1. The predicted molar refractivity (Wildman–Crippen MR) is 109 cm³/mol. The summed E-state index contributed by atoms with van der Waals surface area (Å²) in [5.74, 6) is 1.06. The number of hydrogen-bond acceptors (Lipinski definition) is 6. The van der Waals surface area contributed by atoms with E-state index in [2.05, 4.69) is 20.0 Å². The molecule has 0 aliphatic heterocycles. The summed E-state index contributed by atoms with van der Waals surface area (Å²) in [4.78, 5) is 20.6. The smallest absolute Gasteiger partial charge is 0.369 e. The van der Waals surface area contributed by atoms with Gasteiger partial charge in [0, 0.05) is 12.3 Å². The molecule has 0 fully saturated rings. The van der Waals surface area contributed by atoms with Crippen LogP contribution in [0.25, 0.3) is 16.7 Å². The van der Waals surface area contributed by atoms with Crippen molar-refractivity contribution >= 4 is 28.8 Å². The maximum absolute atomic E-state index is 13.3. The second-order valence-electron chi connectivity index (χ2n) is 6.26. The molecule has 0 spiro atoms. The van der Waals surface area contributed by atoms with Crippen molar-refractivity contribution in [3.8, 4) is 5.69 Å². The molecule has 2 heterocycles. The Kier molecular flexibility index (Phi) is 6.43. The van der Waals surface area contributed by atoms with Gasteiger partial charge in [-0.3, -0.25) is 4.72 Å². The van der Waals surface area contributed by atoms with Crippen molar-refractivity contribution in [3.63, 3.8) is 0 Å². The van der Waals surface area contributed by atoms with Gasteiger partial charge in [-0.05, 0) is 44.2 Å². The lowest BCUT2D eigenvalue weighted by Gasteiger charge is -2.16. The summed E-state index contributed by atoms with van der Waals surface area (Å²) >= 11 is 1.54. The summed E-state index contributed by atoms with van der Waals surface area (Å²) < 4.78 is 43.9. The number of nitrogens with one attached hydrogen (secondary N) is 2. The molecular formula is C19H20F3N5OS. The summed E-state index contributed by atoms with van der Waals surface area (Å²) in [7, 11) is 1.82. The third kappa shape index (κ3) is 4.70. The van der Waals surface area contributed by atoms with Crippen LogP contribution in [0.15, 0.2) is 41.2 Å². The number of benzene rings is 1. The molecule has 1 aromatic carbocycles. The van der Waals surface area contributed by atoms with Gasteiger partial charge in [-0.25, -0.2) is 14.3 Å². The lowest BCUT2D eigenvalue weighted by molar-refractivity contribution is -0.141. The standard InChI is InChI=1S/C19H20F3N5OS/c1-12-6-3-4-7-14(12)27-17-13(8-9-15(25-17)19(20,21)22)16(26-18(27)28)24-10-5-11-29-23-2/h3-4,6-9,23H,5,10-11H2,1-2H3,(H,24,26,28). The monoisotopic (exact) mass is 423 g/mol. The fourth-order valence-corrected chi connectivity index (χ4v) is 3.37. The number of anilines is 1. The molecule has 2 N–H and O–H groups in total. The summed E-state index contributed by atoms with van der Waals surface area (Å²) in [6, 6.07) is 9.12. The lowest BCUT2D eigenvalue weighted by atomic mass is 10.2. The summed E-state index contributed by atoms with van der Waals surface area (Å²) in [5.41, 5.74) is -0.665. The van der Waals surface area contributed by atoms with Crippen molar-refractivity contribution in [2.45, 2.75) is 19.5 Å². The molecule has 0 amide bonds. The zero-order chi connectivity index (χ0) is 21.0. The largest absolute Gasteiger partial charge is 0.433 e. The minimum atomic E-state index is -4.62. The Balaban J connectivity index is 2.15. The minimum Gasteiger partial charge on any atom is -0.369 e. The van der Waals surface area contributed by atoms with Crippen molar-refractivity contribution in [2.24, 2.45) is 0 Å². The van der Waals surface area contributed by atoms with E-state index in [9.17, 15) is 18.0 Å². The van der Waals surface area contributed by atoms with Gasteiger partial charge in [0.05, 0.1) is 11.1 Å². The molecule has 0 aliphatic rings. The SMILES string of the molecule is CNSCCCNc1nc(=O)n(-c2ccccc2C)c2nc(C(F)(F)F)ccc12. The molecule has 0 atom stereocenters. The van der Waals surface area contributed by atoms with Gasteiger partial charge >= 0.3 is 11.9 Å². The van der Waals surface area contributed by atoms with Gasteiger partial charge < -0.3 is 5.32 Å². The Morgan fingerprint density at radius 3 is 2.59 bits per heavy atom. The first-order valence-corrected chi connectivity index (χ1v) is 9.91. The number of pyridine rings is 1. The summed E-state index contributed by atoms with van der Waals surface area (Å²) in [6.45, 7) is 2.29. The van der Waals surface area contributed by atoms with Crippen LogP contribution in [0, 0.1) is 6.92 Å². The van der Waals surface area contributed by atoms with E-state index in [1.165, 1.54) is 6.07 Å². The van der Waals surface area contributed by atoms with E-state index in [1.807, 2.05) is 7.05 Å². The van der Waals surface area contributed by atoms with E-state index in [-0.39, 0.29) is 11.5 Å². The minimum absolute atomic E-state index is 0.0822. The molecule has 6 nitrogen and oxygen atoms in total. The number of alkyl halides is 3. The van der Waals surface area contributed by atoms with Gasteiger partial charge in [0.25, 0.3) is 0 Å². The van der Waals surface area contributed by atoms with Crippen molar-refractivity contribution < 1.29 is 13.2 Å². The van der Waals surface area contributed by atoms with Gasteiger partial charge in [0.2, 0.25) is 0 Å². The van der Waals surface area contributed by atoms with Gasteiger partial charge in [-0.15, -0.1) is 0 Å². The normalized spacial score (nSPS) is 11.8. The third-order valence-corrected chi connectivity index (χ3v) is 5.03. The molecule has 0 aliphatic carbocycles. The van der Waals surface area contributed by atoms with Crippen LogP contribution in [-0.2, 0) is 6.18 Å². The fourth-order valence-electron chi connectivity index (χ4n) is 2.88. The number of halogens is 3. The first-order chi connectivity index (χ1) is 13.8. The van der Waals surface area contributed by atoms with Crippen molar-refractivity contribution in [2.75, 3.05) is 24.7 Å². The molecule has 2 aromatic heterocycles. The Labute approximate surface area is 169 Å². The first-order valence-electron chi connectivity index (χ1n) is 8.92. The molecule has 29 heavy (non-hydrogen) atoms. The molecule has 154 valence electrons. The molecule has 0 saturated heterocycles. The fraction of sp³-hybridized carbons (Fsp3) is 0.316. The molecule has 0 bridgehead atoms. The molecule has 0 unspecified atom stereocenters. The zero-order valence-corrected chi connectivity index (χ0v) is 16.7. The average molecular weight is 423 g/mol. The summed E-state index contributed by atoms with van der Waals surface area (Å²) in [5, 5.41) is 3.40. The number of para-hydroxylation sites is 1. The number of rotatable bonds is 7. The molecule has 0 saturated carbocycles. The number of nitrogens with zero attached hydrogens (tertiary/aromatic N) is 3. The van der Waals surface area contributed by atoms with Crippen LogP contribution in [0.2, 0.25) is 0 Å². The molecule has 3 rings (SSSR count). The van der Waals surface area contributed by atoms with Gasteiger partial charge in [-0.2, -0.15) is 18.2 Å². The van der Waals surface area contributed by atoms with Gasteiger partial charge in [0.1, 0.15) is 11.5 Å². The second kappa shape index (κ2) is 8.83. The van der Waals surface area contributed by atoms with E-state index >= 15 is 0 Å². The van der Waals surface area contributed by atoms with Crippen molar-refractivity contribution in [1.29, 1.82) is 0 Å². The Morgan fingerprint density at radius 1 is 1.14 bits per heavy atom. The molecule has 10 heteroatoms. The van der Waals surface area contributed by atoms with Crippen LogP contribution in [0.4, 0.5) is 19.0 Å². The van der Waals surface area contributed by atoms with E-state index in [0.29, 0.717) is 17.6 Å². The highest BCUT2D eigenvalue weighted by atomic mass is 32.2. The zero-order valence-electron chi connectivity index (χ0n) is 15.9. The van der Waals surface area contributed by atoms with E-state index < -0.39 is 17.6 Å². The van der Waals surface area contributed by atoms with Crippen LogP contribution in [-0.4, -0.2) is 33.9 Å². The molecule has 0 radical (unpaired) electrons. The number of aromatic nitrogens is 3. The lowest BCUT2D eigenvalue weighted by Crippen LogP contribution is -2.25. The van der Waals surface area contributed by atoms with Crippen LogP contribution >= 0.6 is 11.9 Å². The van der Waals surface area contributed by atoms with Crippen molar-refractivity contribution in [3.05, 3.63) is 58.1 Å².